The third-order valence-electron chi connectivity index (χ3n) is 3.87. The Kier molecular flexibility index (Phi) is 2.72. The first-order valence-corrected chi connectivity index (χ1v) is 7.10. The molecule has 1 aliphatic rings. The number of carbonyl (C=O) groups is 1. The van der Waals surface area contributed by atoms with E-state index in [2.05, 4.69) is 0 Å². The van der Waals surface area contributed by atoms with Crippen LogP contribution in [0.1, 0.15) is 27.6 Å². The highest BCUT2D eigenvalue weighted by Gasteiger charge is 2.32. The zero-order valence-corrected chi connectivity index (χ0v) is 11.8. The fraction of sp³-hybridized carbons (Fsp3) is 0.0556. The van der Waals surface area contributed by atoms with E-state index in [4.69, 9.17) is 16.3 Å². The summed E-state index contributed by atoms with van der Waals surface area (Å²) in [6, 6.07) is 19.2. The van der Waals surface area contributed by atoms with Gasteiger partial charge in [0.2, 0.25) is 0 Å². The molecule has 3 aromatic carbocycles. The summed E-state index contributed by atoms with van der Waals surface area (Å²) in [5.74, 6) is -0.269. The summed E-state index contributed by atoms with van der Waals surface area (Å²) in [5, 5.41) is 2.68. The minimum Gasteiger partial charge on any atom is -0.449 e. The average molecular weight is 295 g/mol. The van der Waals surface area contributed by atoms with Crippen LogP contribution in [0.15, 0.2) is 60.7 Å². The molecule has 1 heterocycles. The number of cyclic esters (lactones) is 1. The topological polar surface area (TPSA) is 26.3 Å². The van der Waals surface area contributed by atoms with Crippen LogP contribution in [-0.4, -0.2) is 5.97 Å². The average Bonchev–Trinajstić information content (AvgIpc) is 2.85. The lowest BCUT2D eigenvalue weighted by atomic mass is 9.95. The molecule has 102 valence electrons. The van der Waals surface area contributed by atoms with Crippen LogP contribution in [0.25, 0.3) is 10.8 Å². The molecule has 0 aromatic heterocycles. The van der Waals surface area contributed by atoms with Crippen LogP contribution in [0, 0.1) is 0 Å². The normalized spacial score (nSPS) is 16.8. The van der Waals surface area contributed by atoms with Gasteiger partial charge in [-0.25, -0.2) is 4.79 Å². The summed E-state index contributed by atoms with van der Waals surface area (Å²) in [6.07, 6.45) is -0.365. The molecule has 0 fully saturated rings. The van der Waals surface area contributed by atoms with Crippen LogP contribution in [0.4, 0.5) is 0 Å². The van der Waals surface area contributed by atoms with E-state index < -0.39 is 0 Å². The van der Waals surface area contributed by atoms with Gasteiger partial charge in [-0.1, -0.05) is 60.1 Å². The number of benzene rings is 3. The van der Waals surface area contributed by atoms with E-state index in [1.165, 1.54) is 0 Å². The van der Waals surface area contributed by atoms with Gasteiger partial charge in [-0.3, -0.25) is 0 Å². The van der Waals surface area contributed by atoms with E-state index in [0.29, 0.717) is 10.6 Å². The molecule has 0 saturated heterocycles. The number of ether oxygens (including phenoxy) is 1. The summed E-state index contributed by atoms with van der Waals surface area (Å²) in [7, 11) is 0. The quantitative estimate of drug-likeness (QED) is 0.605. The highest BCUT2D eigenvalue weighted by atomic mass is 35.5. The van der Waals surface area contributed by atoms with Gasteiger partial charge in [0.25, 0.3) is 0 Å². The van der Waals surface area contributed by atoms with Crippen molar-refractivity contribution in [2.24, 2.45) is 0 Å². The Bertz CT molecular complexity index is 870. The molecule has 0 spiro atoms. The van der Waals surface area contributed by atoms with E-state index in [1.807, 2.05) is 54.6 Å². The Hall–Kier alpha value is -2.32. The van der Waals surface area contributed by atoms with Gasteiger partial charge in [-0.15, -0.1) is 0 Å². The molecule has 3 heteroatoms. The van der Waals surface area contributed by atoms with E-state index in [0.717, 1.165) is 21.9 Å². The van der Waals surface area contributed by atoms with Gasteiger partial charge in [-0.05, 0) is 17.5 Å². The van der Waals surface area contributed by atoms with Crippen LogP contribution in [0.2, 0.25) is 5.02 Å². The molecule has 1 aliphatic heterocycles. The number of hydrogen-bond acceptors (Lipinski definition) is 2. The number of halogens is 1. The minimum atomic E-state index is -0.365. The van der Waals surface area contributed by atoms with Crippen molar-refractivity contribution in [2.45, 2.75) is 6.10 Å². The molecule has 2 nitrogen and oxygen atoms in total. The summed E-state index contributed by atoms with van der Waals surface area (Å²) in [6.45, 7) is 0. The van der Waals surface area contributed by atoms with Crippen molar-refractivity contribution < 1.29 is 9.53 Å². The maximum atomic E-state index is 12.0. The monoisotopic (exact) mass is 294 g/mol. The van der Waals surface area contributed by atoms with Crippen molar-refractivity contribution in [3.05, 3.63) is 82.4 Å². The van der Waals surface area contributed by atoms with E-state index in [9.17, 15) is 4.79 Å². The zero-order valence-electron chi connectivity index (χ0n) is 11.0. The molecule has 1 unspecified atom stereocenters. The molecule has 3 aromatic rings. The van der Waals surface area contributed by atoms with Crippen LogP contribution >= 0.6 is 11.6 Å². The predicted molar refractivity (Wildman–Crippen MR) is 82.7 cm³/mol. The molecule has 0 radical (unpaired) electrons. The summed E-state index contributed by atoms with van der Waals surface area (Å²) < 4.78 is 5.58. The third kappa shape index (κ3) is 1.83. The Morgan fingerprint density at radius 3 is 2.43 bits per heavy atom. The van der Waals surface area contributed by atoms with Crippen molar-refractivity contribution in [3.63, 3.8) is 0 Å². The maximum Gasteiger partial charge on any atom is 0.339 e. The Morgan fingerprint density at radius 2 is 1.52 bits per heavy atom. The standard InChI is InChI=1S/C18H11ClO2/c19-16-10-4-7-11-12(16)8-3-9-13(11)17-14-5-1-2-6-15(14)18(20)21-17/h1-10,17H. The van der Waals surface area contributed by atoms with Crippen molar-refractivity contribution in [3.8, 4) is 0 Å². The van der Waals surface area contributed by atoms with Crippen LogP contribution < -0.4 is 0 Å². The number of hydrogen-bond donors (Lipinski definition) is 0. The van der Waals surface area contributed by atoms with Crippen LogP contribution in [-0.2, 0) is 4.74 Å². The minimum absolute atomic E-state index is 0.269. The first-order chi connectivity index (χ1) is 10.3. The summed E-state index contributed by atoms with van der Waals surface area (Å²) >= 11 is 6.26. The van der Waals surface area contributed by atoms with Gasteiger partial charge < -0.3 is 4.74 Å². The zero-order chi connectivity index (χ0) is 14.4. The highest BCUT2D eigenvalue weighted by molar-refractivity contribution is 6.35. The second kappa shape index (κ2) is 4.61. The Balaban J connectivity index is 1.97. The Morgan fingerprint density at radius 1 is 0.810 bits per heavy atom. The lowest BCUT2D eigenvalue weighted by Gasteiger charge is -2.14. The number of esters is 1. The highest BCUT2D eigenvalue weighted by Crippen LogP contribution is 2.39. The largest absolute Gasteiger partial charge is 0.449 e. The van der Waals surface area contributed by atoms with Gasteiger partial charge in [0, 0.05) is 21.5 Å². The van der Waals surface area contributed by atoms with Gasteiger partial charge in [0.15, 0.2) is 6.10 Å². The summed E-state index contributed by atoms with van der Waals surface area (Å²) in [5.41, 5.74) is 2.52. The molecule has 4 rings (SSSR count). The van der Waals surface area contributed by atoms with Crippen LogP contribution in [0.5, 0.6) is 0 Å². The van der Waals surface area contributed by atoms with Crippen molar-refractivity contribution >= 4 is 28.3 Å². The summed E-state index contributed by atoms with van der Waals surface area (Å²) in [4.78, 5) is 12.0. The van der Waals surface area contributed by atoms with Gasteiger partial charge in [-0.2, -0.15) is 0 Å². The SMILES string of the molecule is O=C1OC(c2cccc3c(Cl)cccc23)c2ccccc21. The van der Waals surface area contributed by atoms with Gasteiger partial charge >= 0.3 is 5.97 Å². The first kappa shape index (κ1) is 12.4. The lowest BCUT2D eigenvalue weighted by molar-refractivity contribution is 0.0458. The fourth-order valence-corrected chi connectivity index (χ4v) is 3.14. The second-order valence-corrected chi connectivity index (χ2v) is 5.46. The van der Waals surface area contributed by atoms with E-state index in [1.54, 1.807) is 6.07 Å². The van der Waals surface area contributed by atoms with Crippen molar-refractivity contribution in [1.82, 2.24) is 0 Å². The fourth-order valence-electron chi connectivity index (χ4n) is 2.90. The molecule has 1 atom stereocenters. The van der Waals surface area contributed by atoms with E-state index >= 15 is 0 Å². The second-order valence-electron chi connectivity index (χ2n) is 5.05. The molecule has 0 bridgehead atoms. The number of rotatable bonds is 1. The molecule has 21 heavy (non-hydrogen) atoms. The third-order valence-corrected chi connectivity index (χ3v) is 4.20. The van der Waals surface area contributed by atoms with Crippen molar-refractivity contribution in [2.75, 3.05) is 0 Å². The molecule has 0 aliphatic carbocycles. The Labute approximate surface area is 126 Å². The molecular weight excluding hydrogens is 284 g/mol. The van der Waals surface area contributed by atoms with Crippen molar-refractivity contribution in [1.29, 1.82) is 0 Å². The van der Waals surface area contributed by atoms with E-state index in [-0.39, 0.29) is 12.1 Å². The molecule has 0 N–H and O–H groups in total. The molecule has 0 saturated carbocycles. The molecular formula is C18H11ClO2. The molecule has 0 amide bonds. The first-order valence-electron chi connectivity index (χ1n) is 6.73. The van der Waals surface area contributed by atoms with Crippen LogP contribution in [0.3, 0.4) is 0 Å². The predicted octanol–water partition coefficient (Wildman–Crippen LogP) is 4.75. The lowest BCUT2D eigenvalue weighted by Crippen LogP contribution is -2.01. The van der Waals surface area contributed by atoms with Gasteiger partial charge in [0.05, 0.1) is 5.56 Å². The maximum absolute atomic E-state index is 12.0. The number of fused-ring (bicyclic) bond motifs is 2. The number of carbonyl (C=O) groups excluding carboxylic acids is 1. The van der Waals surface area contributed by atoms with Gasteiger partial charge in [0.1, 0.15) is 0 Å². The smallest absolute Gasteiger partial charge is 0.339 e.